The Morgan fingerprint density at radius 2 is 1.81 bits per heavy atom. The molecule has 0 amide bonds. The van der Waals surface area contributed by atoms with Gasteiger partial charge in [0.1, 0.15) is 5.82 Å². The van der Waals surface area contributed by atoms with Gasteiger partial charge in [0.05, 0.1) is 35.3 Å². The first-order valence-corrected chi connectivity index (χ1v) is 9.63. The molecule has 0 spiro atoms. The molecule has 9 heteroatoms. The lowest BCUT2D eigenvalue weighted by molar-refractivity contribution is -0.137. The van der Waals surface area contributed by atoms with E-state index >= 15 is 0 Å². The Morgan fingerprint density at radius 1 is 1.06 bits per heavy atom. The summed E-state index contributed by atoms with van der Waals surface area (Å²) in [5.74, 6) is 0.519. The van der Waals surface area contributed by atoms with Gasteiger partial charge in [0.15, 0.2) is 5.82 Å². The molecular formula is C22H17F3N6. The van der Waals surface area contributed by atoms with Crippen LogP contribution in [0.1, 0.15) is 25.3 Å². The van der Waals surface area contributed by atoms with Crippen LogP contribution in [-0.2, 0) is 6.18 Å². The minimum atomic E-state index is -4.54. The number of alkyl halides is 3. The zero-order valence-corrected chi connectivity index (χ0v) is 16.5. The van der Waals surface area contributed by atoms with Gasteiger partial charge in [0, 0.05) is 10.9 Å². The Labute approximate surface area is 176 Å². The number of aromatic nitrogens is 2. The Kier molecular flexibility index (Phi) is 5.38. The number of hydrogen-bond donors (Lipinski definition) is 1. The Bertz CT molecular complexity index is 1240. The first-order valence-electron chi connectivity index (χ1n) is 9.63. The third-order valence-corrected chi connectivity index (χ3v) is 4.87. The van der Waals surface area contributed by atoms with Crippen LogP contribution in [0, 0.1) is 11.3 Å². The lowest BCUT2D eigenvalue weighted by atomic mass is 10.1. The quantitative estimate of drug-likeness (QED) is 0.624. The molecule has 6 nitrogen and oxygen atoms in total. The van der Waals surface area contributed by atoms with Crippen LogP contribution in [0.2, 0.25) is 0 Å². The topological polar surface area (TPSA) is 86.3 Å². The summed E-state index contributed by atoms with van der Waals surface area (Å²) in [6.45, 7) is 1.94. The summed E-state index contributed by atoms with van der Waals surface area (Å²) in [6, 6.07) is 14.1. The van der Waals surface area contributed by atoms with E-state index in [-0.39, 0.29) is 29.8 Å². The number of fused-ring (bicyclic) bond motifs is 1. The van der Waals surface area contributed by atoms with Crippen LogP contribution in [0.3, 0.4) is 0 Å². The number of nitrogens with zero attached hydrogens (tertiary/aromatic N) is 5. The number of hydrogen-bond acceptors (Lipinski definition) is 6. The Morgan fingerprint density at radius 3 is 2.55 bits per heavy atom. The fraction of sp³-hybridized carbons (Fsp3) is 0.227. The van der Waals surface area contributed by atoms with E-state index in [9.17, 15) is 13.2 Å². The molecular weight excluding hydrogens is 405 g/mol. The van der Waals surface area contributed by atoms with Crippen molar-refractivity contribution < 1.29 is 13.2 Å². The standard InChI is InChI=1S/C22H17F3N6/c1-2-16-18(11-12-26)29-21(28-16)31-20-14-8-4-6-10-17(14)27-19(30-20)13-7-3-5-9-15(13)22(23,24)25/h3-10,16H,2,11H2,1H3,(H,27,28,30,31). The van der Waals surface area contributed by atoms with E-state index < -0.39 is 11.7 Å². The highest BCUT2D eigenvalue weighted by Gasteiger charge is 2.34. The predicted octanol–water partition coefficient (Wildman–Crippen LogP) is 5.23. The number of halogens is 3. The highest BCUT2D eigenvalue weighted by molar-refractivity contribution is 6.12. The van der Waals surface area contributed by atoms with Crippen LogP contribution < -0.4 is 5.32 Å². The molecule has 0 aliphatic carbocycles. The van der Waals surface area contributed by atoms with Gasteiger partial charge in [-0.1, -0.05) is 37.3 Å². The summed E-state index contributed by atoms with van der Waals surface area (Å²) in [6.07, 6.45) is -3.71. The van der Waals surface area contributed by atoms with E-state index in [4.69, 9.17) is 5.26 Å². The molecule has 2 aromatic carbocycles. The van der Waals surface area contributed by atoms with Gasteiger partial charge in [-0.15, -0.1) is 0 Å². The van der Waals surface area contributed by atoms with Crippen molar-refractivity contribution >= 4 is 28.4 Å². The van der Waals surface area contributed by atoms with Gasteiger partial charge in [-0.3, -0.25) is 0 Å². The SMILES string of the molecule is CCC1N=C(Nc2nc(-c3ccccc3C(F)(F)F)nc3ccccc23)N=C1CC#N. The van der Waals surface area contributed by atoms with Gasteiger partial charge in [-0.25, -0.2) is 20.0 Å². The molecule has 0 saturated heterocycles. The van der Waals surface area contributed by atoms with Crippen molar-refractivity contribution in [1.29, 1.82) is 5.26 Å². The molecule has 31 heavy (non-hydrogen) atoms. The summed E-state index contributed by atoms with van der Waals surface area (Å²) in [7, 11) is 0. The number of nitrogens with one attached hydrogen (secondary N) is 1. The molecule has 1 atom stereocenters. The van der Waals surface area contributed by atoms with Crippen LogP contribution in [0.4, 0.5) is 19.0 Å². The van der Waals surface area contributed by atoms with E-state index in [0.717, 1.165) is 6.07 Å². The zero-order valence-electron chi connectivity index (χ0n) is 16.5. The molecule has 156 valence electrons. The molecule has 1 unspecified atom stereocenters. The summed E-state index contributed by atoms with van der Waals surface area (Å²) in [5.41, 5.74) is 0.208. The third kappa shape index (κ3) is 4.10. The highest BCUT2D eigenvalue weighted by Crippen LogP contribution is 2.37. The van der Waals surface area contributed by atoms with Crippen molar-refractivity contribution in [2.24, 2.45) is 9.98 Å². The van der Waals surface area contributed by atoms with Crippen LogP contribution in [-0.4, -0.2) is 27.7 Å². The molecule has 1 aliphatic heterocycles. The van der Waals surface area contributed by atoms with E-state index in [0.29, 0.717) is 28.9 Å². The maximum atomic E-state index is 13.5. The van der Waals surface area contributed by atoms with Crippen molar-refractivity contribution in [1.82, 2.24) is 9.97 Å². The van der Waals surface area contributed by atoms with Gasteiger partial charge in [0.25, 0.3) is 0 Å². The Balaban J connectivity index is 1.82. The Hall–Kier alpha value is -3.80. The fourth-order valence-corrected chi connectivity index (χ4v) is 3.41. The molecule has 0 fully saturated rings. The predicted molar refractivity (Wildman–Crippen MR) is 113 cm³/mol. The minimum Gasteiger partial charge on any atom is -0.308 e. The summed E-state index contributed by atoms with van der Waals surface area (Å²) >= 11 is 0. The molecule has 1 N–H and O–H groups in total. The van der Waals surface area contributed by atoms with E-state index in [1.54, 1.807) is 24.3 Å². The number of para-hydroxylation sites is 1. The number of aliphatic imine (C=N–C) groups is 2. The van der Waals surface area contributed by atoms with Crippen molar-refractivity contribution in [2.45, 2.75) is 32.0 Å². The maximum absolute atomic E-state index is 13.5. The average molecular weight is 422 g/mol. The molecule has 0 bridgehead atoms. The highest BCUT2D eigenvalue weighted by atomic mass is 19.4. The molecule has 0 radical (unpaired) electrons. The molecule has 4 rings (SSSR count). The number of nitriles is 1. The largest absolute Gasteiger partial charge is 0.417 e. The van der Waals surface area contributed by atoms with E-state index in [1.165, 1.54) is 18.2 Å². The lowest BCUT2D eigenvalue weighted by Gasteiger charge is -2.14. The first kappa shape index (κ1) is 20.5. The molecule has 1 aromatic heterocycles. The summed E-state index contributed by atoms with van der Waals surface area (Å²) in [4.78, 5) is 17.6. The van der Waals surface area contributed by atoms with Crippen molar-refractivity contribution in [2.75, 3.05) is 5.32 Å². The molecule has 2 heterocycles. The van der Waals surface area contributed by atoms with Crippen LogP contribution in [0.5, 0.6) is 0 Å². The van der Waals surface area contributed by atoms with Gasteiger partial charge in [0.2, 0.25) is 5.96 Å². The third-order valence-electron chi connectivity index (χ3n) is 4.87. The van der Waals surface area contributed by atoms with Crippen molar-refractivity contribution in [3.63, 3.8) is 0 Å². The second-order valence-electron chi connectivity index (χ2n) is 6.90. The summed E-state index contributed by atoms with van der Waals surface area (Å²) in [5, 5.41) is 12.6. The molecule has 1 aliphatic rings. The molecule has 3 aromatic rings. The van der Waals surface area contributed by atoms with Gasteiger partial charge >= 0.3 is 6.18 Å². The number of benzene rings is 2. The lowest BCUT2D eigenvalue weighted by Crippen LogP contribution is -2.13. The minimum absolute atomic E-state index is 0.0546. The van der Waals surface area contributed by atoms with Crippen LogP contribution in [0.25, 0.3) is 22.3 Å². The van der Waals surface area contributed by atoms with E-state index in [1.807, 2.05) is 6.92 Å². The number of guanidine groups is 1. The zero-order chi connectivity index (χ0) is 22.0. The number of anilines is 1. The van der Waals surface area contributed by atoms with Crippen molar-refractivity contribution in [3.8, 4) is 17.5 Å². The summed E-state index contributed by atoms with van der Waals surface area (Å²) < 4.78 is 40.6. The molecule has 0 saturated carbocycles. The van der Waals surface area contributed by atoms with Gasteiger partial charge in [-0.2, -0.15) is 18.4 Å². The normalized spacial score (nSPS) is 16.0. The average Bonchev–Trinajstić information content (AvgIpc) is 3.14. The van der Waals surface area contributed by atoms with Crippen LogP contribution >= 0.6 is 0 Å². The fourth-order valence-electron chi connectivity index (χ4n) is 3.41. The van der Waals surface area contributed by atoms with E-state index in [2.05, 4.69) is 31.3 Å². The maximum Gasteiger partial charge on any atom is 0.417 e. The second kappa shape index (κ2) is 8.14. The van der Waals surface area contributed by atoms with Gasteiger partial charge in [-0.05, 0) is 24.6 Å². The van der Waals surface area contributed by atoms with Crippen molar-refractivity contribution in [3.05, 3.63) is 54.1 Å². The number of rotatable bonds is 4. The monoisotopic (exact) mass is 422 g/mol. The smallest absolute Gasteiger partial charge is 0.308 e. The van der Waals surface area contributed by atoms with Gasteiger partial charge < -0.3 is 5.32 Å². The first-order chi connectivity index (χ1) is 14.9. The second-order valence-corrected chi connectivity index (χ2v) is 6.90. The van der Waals surface area contributed by atoms with Crippen LogP contribution in [0.15, 0.2) is 58.5 Å².